The molecule has 2 nitrogen and oxygen atoms in total. The van der Waals surface area contributed by atoms with Gasteiger partial charge >= 0.3 is 0 Å². The van der Waals surface area contributed by atoms with E-state index < -0.39 is 17.7 Å². The van der Waals surface area contributed by atoms with E-state index in [1.807, 2.05) is 0 Å². The second kappa shape index (κ2) is 4.24. The molecule has 1 heterocycles. The molecule has 1 fully saturated rings. The van der Waals surface area contributed by atoms with Gasteiger partial charge in [-0.15, -0.1) is 0 Å². The molecule has 1 aliphatic rings. The van der Waals surface area contributed by atoms with E-state index in [1.54, 1.807) is 0 Å². The standard InChI is InChI=1S/C11H13F2NO/c12-8-2-1-3-9(13)10(8)11-7(6-14)4-5-15-11/h1-3,7,11H,4-6,14H2. The maximum Gasteiger partial charge on any atom is 0.131 e. The van der Waals surface area contributed by atoms with Crippen LogP contribution in [-0.4, -0.2) is 13.2 Å². The number of hydrogen-bond donors (Lipinski definition) is 1. The molecular formula is C11H13F2NO. The first-order valence-corrected chi connectivity index (χ1v) is 4.99. The molecular weight excluding hydrogens is 200 g/mol. The van der Waals surface area contributed by atoms with Crippen molar-refractivity contribution in [2.75, 3.05) is 13.2 Å². The highest BCUT2D eigenvalue weighted by Crippen LogP contribution is 2.36. The minimum atomic E-state index is -0.555. The molecule has 2 rings (SSSR count). The first-order chi connectivity index (χ1) is 7.24. The monoisotopic (exact) mass is 213 g/mol. The van der Waals surface area contributed by atoms with Gasteiger partial charge in [-0.1, -0.05) is 6.07 Å². The molecule has 1 aromatic carbocycles. The number of nitrogens with two attached hydrogens (primary N) is 1. The molecule has 2 atom stereocenters. The average Bonchev–Trinajstić information content (AvgIpc) is 2.65. The zero-order valence-electron chi connectivity index (χ0n) is 8.25. The summed E-state index contributed by atoms with van der Waals surface area (Å²) < 4.78 is 32.2. The number of ether oxygens (including phenoxy) is 1. The van der Waals surface area contributed by atoms with Crippen LogP contribution in [0.1, 0.15) is 18.1 Å². The van der Waals surface area contributed by atoms with Crippen LogP contribution in [-0.2, 0) is 4.74 Å². The molecule has 82 valence electrons. The maximum absolute atomic E-state index is 13.5. The Hall–Kier alpha value is -1.00. The predicted molar refractivity (Wildman–Crippen MR) is 52.2 cm³/mol. The van der Waals surface area contributed by atoms with Crippen molar-refractivity contribution in [1.29, 1.82) is 0 Å². The van der Waals surface area contributed by atoms with Crippen LogP contribution in [0.3, 0.4) is 0 Å². The fourth-order valence-electron chi connectivity index (χ4n) is 1.98. The SMILES string of the molecule is NCC1CCOC1c1c(F)cccc1F. The van der Waals surface area contributed by atoms with Crippen LogP contribution >= 0.6 is 0 Å². The summed E-state index contributed by atoms with van der Waals surface area (Å²) in [5, 5.41) is 0. The molecule has 0 spiro atoms. The van der Waals surface area contributed by atoms with Gasteiger partial charge in [-0.3, -0.25) is 0 Å². The van der Waals surface area contributed by atoms with E-state index in [0.717, 1.165) is 6.42 Å². The predicted octanol–water partition coefficient (Wildman–Crippen LogP) is 2.00. The highest BCUT2D eigenvalue weighted by atomic mass is 19.1. The fraction of sp³-hybridized carbons (Fsp3) is 0.455. The van der Waals surface area contributed by atoms with Gasteiger partial charge in [0.1, 0.15) is 11.6 Å². The topological polar surface area (TPSA) is 35.2 Å². The largest absolute Gasteiger partial charge is 0.373 e. The van der Waals surface area contributed by atoms with E-state index in [-0.39, 0.29) is 11.5 Å². The number of rotatable bonds is 2. The van der Waals surface area contributed by atoms with Gasteiger partial charge in [-0.05, 0) is 25.1 Å². The molecule has 15 heavy (non-hydrogen) atoms. The third-order valence-electron chi connectivity index (χ3n) is 2.80. The van der Waals surface area contributed by atoms with Crippen LogP contribution in [0.5, 0.6) is 0 Å². The molecule has 1 aliphatic heterocycles. The minimum Gasteiger partial charge on any atom is -0.373 e. The first kappa shape index (κ1) is 10.5. The number of benzene rings is 1. The Morgan fingerprint density at radius 1 is 1.33 bits per heavy atom. The molecule has 0 aliphatic carbocycles. The van der Waals surface area contributed by atoms with Crippen LogP contribution in [0.25, 0.3) is 0 Å². The van der Waals surface area contributed by atoms with Crippen molar-refractivity contribution in [3.63, 3.8) is 0 Å². The lowest BCUT2D eigenvalue weighted by Gasteiger charge is -2.18. The second-order valence-electron chi connectivity index (χ2n) is 3.71. The third kappa shape index (κ3) is 1.87. The maximum atomic E-state index is 13.5. The van der Waals surface area contributed by atoms with Gasteiger partial charge in [0, 0.05) is 12.5 Å². The first-order valence-electron chi connectivity index (χ1n) is 4.99. The van der Waals surface area contributed by atoms with Crippen LogP contribution in [0.15, 0.2) is 18.2 Å². The smallest absolute Gasteiger partial charge is 0.131 e. The Bertz CT molecular complexity index is 336. The van der Waals surface area contributed by atoms with E-state index in [1.165, 1.54) is 18.2 Å². The van der Waals surface area contributed by atoms with Crippen molar-refractivity contribution in [2.24, 2.45) is 11.7 Å². The summed E-state index contributed by atoms with van der Waals surface area (Å²) in [4.78, 5) is 0. The van der Waals surface area contributed by atoms with Crippen molar-refractivity contribution < 1.29 is 13.5 Å². The van der Waals surface area contributed by atoms with Crippen molar-refractivity contribution >= 4 is 0 Å². The van der Waals surface area contributed by atoms with Crippen molar-refractivity contribution in [2.45, 2.75) is 12.5 Å². The quantitative estimate of drug-likeness (QED) is 0.815. The Morgan fingerprint density at radius 3 is 2.60 bits per heavy atom. The van der Waals surface area contributed by atoms with Crippen molar-refractivity contribution in [1.82, 2.24) is 0 Å². The van der Waals surface area contributed by atoms with Crippen LogP contribution in [0.2, 0.25) is 0 Å². The third-order valence-corrected chi connectivity index (χ3v) is 2.80. The molecule has 0 aromatic heterocycles. The summed E-state index contributed by atoms with van der Waals surface area (Å²) in [7, 11) is 0. The molecule has 2 unspecified atom stereocenters. The highest BCUT2D eigenvalue weighted by Gasteiger charge is 2.32. The minimum absolute atomic E-state index is 0.0106. The molecule has 0 amide bonds. The van der Waals surface area contributed by atoms with Crippen LogP contribution in [0.4, 0.5) is 8.78 Å². The highest BCUT2D eigenvalue weighted by molar-refractivity contribution is 5.23. The Morgan fingerprint density at radius 2 is 2.00 bits per heavy atom. The van der Waals surface area contributed by atoms with Gasteiger partial charge in [0.25, 0.3) is 0 Å². The Kier molecular flexibility index (Phi) is 2.98. The molecule has 1 aromatic rings. The Labute approximate surface area is 87.0 Å². The fourth-order valence-corrected chi connectivity index (χ4v) is 1.98. The number of hydrogen-bond acceptors (Lipinski definition) is 2. The van der Waals surface area contributed by atoms with Crippen molar-refractivity contribution in [3.8, 4) is 0 Å². The van der Waals surface area contributed by atoms with E-state index in [4.69, 9.17) is 10.5 Å². The summed E-state index contributed by atoms with van der Waals surface area (Å²) in [5.41, 5.74) is 5.56. The summed E-state index contributed by atoms with van der Waals surface area (Å²) in [6.45, 7) is 0.902. The van der Waals surface area contributed by atoms with Gasteiger partial charge < -0.3 is 10.5 Å². The van der Waals surface area contributed by atoms with Gasteiger partial charge in [-0.25, -0.2) is 8.78 Å². The van der Waals surface area contributed by atoms with Crippen LogP contribution < -0.4 is 5.73 Å². The van der Waals surface area contributed by atoms with Gasteiger partial charge in [0.15, 0.2) is 0 Å². The number of halogens is 2. The lowest BCUT2D eigenvalue weighted by molar-refractivity contribution is 0.0861. The lowest BCUT2D eigenvalue weighted by Crippen LogP contribution is -2.19. The summed E-state index contributed by atoms with van der Waals surface area (Å²) in [5.74, 6) is -1.10. The molecule has 2 N–H and O–H groups in total. The molecule has 0 radical (unpaired) electrons. The van der Waals surface area contributed by atoms with Crippen LogP contribution in [0, 0.1) is 17.6 Å². The summed E-state index contributed by atoms with van der Waals surface area (Å²) in [6, 6.07) is 3.84. The zero-order chi connectivity index (χ0) is 10.8. The van der Waals surface area contributed by atoms with Gasteiger partial charge in [0.05, 0.1) is 11.7 Å². The average molecular weight is 213 g/mol. The van der Waals surface area contributed by atoms with E-state index in [9.17, 15) is 8.78 Å². The molecule has 0 saturated carbocycles. The van der Waals surface area contributed by atoms with E-state index >= 15 is 0 Å². The molecule has 0 bridgehead atoms. The van der Waals surface area contributed by atoms with E-state index in [0.29, 0.717) is 13.2 Å². The summed E-state index contributed by atoms with van der Waals surface area (Å²) >= 11 is 0. The zero-order valence-corrected chi connectivity index (χ0v) is 8.25. The summed E-state index contributed by atoms with van der Waals surface area (Å²) in [6.07, 6.45) is 0.228. The van der Waals surface area contributed by atoms with E-state index in [2.05, 4.69) is 0 Å². The molecule has 4 heteroatoms. The van der Waals surface area contributed by atoms with Crippen molar-refractivity contribution in [3.05, 3.63) is 35.4 Å². The van der Waals surface area contributed by atoms with Gasteiger partial charge in [-0.2, -0.15) is 0 Å². The van der Waals surface area contributed by atoms with Gasteiger partial charge in [0.2, 0.25) is 0 Å². The lowest BCUT2D eigenvalue weighted by atomic mass is 9.95. The Balaban J connectivity index is 2.36. The molecule has 1 saturated heterocycles. The second-order valence-corrected chi connectivity index (χ2v) is 3.71. The normalized spacial score (nSPS) is 25.8.